The van der Waals surface area contributed by atoms with Gasteiger partial charge in [-0.15, -0.1) is 0 Å². The number of ether oxygens (including phenoxy) is 1. The van der Waals surface area contributed by atoms with Gasteiger partial charge >= 0.3 is 0 Å². The Kier molecular flexibility index (Phi) is 5.53. The van der Waals surface area contributed by atoms with Gasteiger partial charge < -0.3 is 9.64 Å². The van der Waals surface area contributed by atoms with Crippen molar-refractivity contribution >= 4 is 17.5 Å². The van der Waals surface area contributed by atoms with Crippen LogP contribution in [0.1, 0.15) is 23.6 Å². The van der Waals surface area contributed by atoms with Gasteiger partial charge in [0.05, 0.1) is 7.11 Å². The molecule has 1 fully saturated rings. The third-order valence-corrected chi connectivity index (χ3v) is 4.68. The summed E-state index contributed by atoms with van der Waals surface area (Å²) in [4.78, 5) is 18.4. The van der Waals surface area contributed by atoms with E-state index in [0.29, 0.717) is 18.1 Å². The Morgan fingerprint density at radius 2 is 2.08 bits per heavy atom. The Bertz CT molecular complexity index is 738. The summed E-state index contributed by atoms with van der Waals surface area (Å²) in [6.45, 7) is 0.427. The maximum Gasteiger partial charge on any atom is 0.241 e. The monoisotopic (exact) mass is 360 g/mol. The molecule has 1 saturated heterocycles. The van der Waals surface area contributed by atoms with Gasteiger partial charge in [0.2, 0.25) is 5.91 Å². The van der Waals surface area contributed by atoms with E-state index in [9.17, 15) is 4.79 Å². The van der Waals surface area contributed by atoms with Crippen molar-refractivity contribution in [1.82, 2.24) is 20.7 Å². The second-order valence-corrected chi connectivity index (χ2v) is 6.41. The molecule has 2 aromatic rings. The summed E-state index contributed by atoms with van der Waals surface area (Å²) in [5.74, 6) is 0.832. The third-order valence-electron chi connectivity index (χ3n) is 4.34. The van der Waals surface area contributed by atoms with Crippen LogP contribution in [-0.2, 0) is 11.3 Å². The minimum atomic E-state index is -0.285. The van der Waals surface area contributed by atoms with Gasteiger partial charge in [-0.05, 0) is 30.2 Å². The molecule has 25 heavy (non-hydrogen) atoms. The summed E-state index contributed by atoms with van der Waals surface area (Å²) < 4.78 is 5.18. The molecule has 0 radical (unpaired) electrons. The fourth-order valence-electron chi connectivity index (χ4n) is 2.91. The lowest BCUT2D eigenvalue weighted by Crippen LogP contribution is -2.43. The van der Waals surface area contributed by atoms with Crippen molar-refractivity contribution in [3.05, 3.63) is 58.9 Å². The topological polar surface area (TPSA) is 66.5 Å². The number of halogens is 1. The molecule has 3 rings (SSSR count). The van der Waals surface area contributed by atoms with E-state index >= 15 is 0 Å². The van der Waals surface area contributed by atoms with Crippen LogP contribution in [0.2, 0.25) is 5.15 Å². The van der Waals surface area contributed by atoms with Crippen LogP contribution in [0.15, 0.2) is 42.6 Å². The summed E-state index contributed by atoms with van der Waals surface area (Å²) in [5.41, 5.74) is 8.23. The molecule has 1 aliphatic rings. The highest BCUT2D eigenvalue weighted by atomic mass is 35.5. The predicted octanol–water partition coefficient (Wildman–Crippen LogP) is 2.31. The number of methoxy groups -OCH3 is 1. The molecule has 1 aromatic heterocycles. The number of benzene rings is 1. The Hall–Kier alpha value is -2.15. The lowest BCUT2D eigenvalue weighted by Gasteiger charge is -2.21. The highest BCUT2D eigenvalue weighted by Crippen LogP contribution is 2.25. The molecule has 0 saturated carbocycles. The van der Waals surface area contributed by atoms with Crippen molar-refractivity contribution in [1.29, 1.82) is 0 Å². The smallest absolute Gasteiger partial charge is 0.241 e. The Morgan fingerprint density at radius 1 is 1.32 bits per heavy atom. The van der Waals surface area contributed by atoms with Crippen LogP contribution in [0.25, 0.3) is 0 Å². The molecule has 0 aliphatic carbocycles. The van der Waals surface area contributed by atoms with Gasteiger partial charge in [-0.2, -0.15) is 0 Å². The van der Waals surface area contributed by atoms with E-state index in [4.69, 9.17) is 16.3 Å². The zero-order valence-corrected chi connectivity index (χ0v) is 15.0. The van der Waals surface area contributed by atoms with Gasteiger partial charge in [0.25, 0.3) is 0 Å². The fraction of sp³-hybridized carbons (Fsp3) is 0.333. The molecule has 0 spiro atoms. The minimum absolute atomic E-state index is 0.0171. The molecule has 1 aromatic carbocycles. The van der Waals surface area contributed by atoms with Crippen molar-refractivity contribution < 1.29 is 9.53 Å². The average Bonchev–Trinajstić information content (AvgIpc) is 3.13. The summed E-state index contributed by atoms with van der Waals surface area (Å²) in [6, 6.07) is 11.3. The van der Waals surface area contributed by atoms with Crippen molar-refractivity contribution in [2.45, 2.75) is 25.0 Å². The number of nitrogens with zero attached hydrogens (tertiary/aromatic N) is 2. The van der Waals surface area contributed by atoms with Crippen LogP contribution in [0.3, 0.4) is 0 Å². The van der Waals surface area contributed by atoms with Crippen molar-refractivity contribution in [3.8, 4) is 5.75 Å². The van der Waals surface area contributed by atoms with Crippen LogP contribution < -0.4 is 15.6 Å². The van der Waals surface area contributed by atoms with Crippen molar-refractivity contribution in [3.63, 3.8) is 0 Å². The van der Waals surface area contributed by atoms with Gasteiger partial charge in [-0.25, -0.2) is 15.8 Å². The van der Waals surface area contributed by atoms with E-state index in [0.717, 1.165) is 16.9 Å². The Balaban J connectivity index is 1.60. The number of rotatable bonds is 5. The number of hydrogen-bond donors (Lipinski definition) is 2. The molecule has 1 amide bonds. The molecule has 2 heterocycles. The summed E-state index contributed by atoms with van der Waals surface area (Å²) >= 11 is 6.07. The maximum absolute atomic E-state index is 12.7. The van der Waals surface area contributed by atoms with Crippen LogP contribution in [-0.4, -0.2) is 36.0 Å². The van der Waals surface area contributed by atoms with Gasteiger partial charge in [0.1, 0.15) is 16.9 Å². The number of hydrogen-bond acceptors (Lipinski definition) is 5. The fourth-order valence-corrected chi connectivity index (χ4v) is 3.09. The lowest BCUT2D eigenvalue weighted by atomic mass is 10.0. The van der Waals surface area contributed by atoms with Gasteiger partial charge in [-0.1, -0.05) is 29.8 Å². The third kappa shape index (κ3) is 4.10. The first-order chi connectivity index (χ1) is 12.1. The first-order valence-electron chi connectivity index (χ1n) is 8.08. The van der Waals surface area contributed by atoms with E-state index in [-0.39, 0.29) is 18.0 Å². The Morgan fingerprint density at radius 3 is 2.76 bits per heavy atom. The first-order valence-corrected chi connectivity index (χ1v) is 8.45. The van der Waals surface area contributed by atoms with E-state index in [2.05, 4.69) is 15.8 Å². The van der Waals surface area contributed by atoms with E-state index in [1.165, 1.54) is 0 Å². The highest BCUT2D eigenvalue weighted by molar-refractivity contribution is 6.30. The predicted molar refractivity (Wildman–Crippen MR) is 96.1 cm³/mol. The Labute approximate surface area is 152 Å². The largest absolute Gasteiger partial charge is 0.497 e. The number of aromatic nitrogens is 1. The van der Waals surface area contributed by atoms with Crippen LogP contribution in [0.5, 0.6) is 5.75 Å². The summed E-state index contributed by atoms with van der Waals surface area (Å²) in [6.07, 6.45) is 2.31. The van der Waals surface area contributed by atoms with Crippen LogP contribution in [0, 0.1) is 0 Å². The van der Waals surface area contributed by atoms with E-state index in [1.54, 1.807) is 25.3 Å². The quantitative estimate of drug-likeness (QED) is 0.801. The minimum Gasteiger partial charge on any atom is -0.497 e. The number of likely N-dealkylation sites (N-methyl/N-ethyl adjacent to an activating group) is 1. The highest BCUT2D eigenvalue weighted by Gasteiger charge is 2.32. The van der Waals surface area contributed by atoms with Crippen molar-refractivity contribution in [2.24, 2.45) is 0 Å². The second kappa shape index (κ2) is 7.82. The number of amides is 1. The SMILES string of the molecule is COc1ccc(C2CC(C(=O)N(C)Cc3cccnc3Cl)NN2)cc1. The van der Waals surface area contributed by atoms with E-state index < -0.39 is 0 Å². The molecule has 7 heteroatoms. The molecule has 1 aliphatic heterocycles. The normalized spacial score (nSPS) is 19.6. The molecule has 2 atom stereocenters. The molecule has 0 bridgehead atoms. The standard InChI is InChI=1S/C18H21ClN4O2/c1-23(11-13-4-3-9-20-17(13)19)18(24)16-10-15(21-22-16)12-5-7-14(25-2)8-6-12/h3-9,15-16,21-22H,10-11H2,1-2H3. The molecule has 6 nitrogen and oxygen atoms in total. The van der Waals surface area contributed by atoms with Crippen molar-refractivity contribution in [2.75, 3.05) is 14.2 Å². The molecular formula is C18H21ClN4O2. The van der Waals surface area contributed by atoms with E-state index in [1.807, 2.05) is 36.4 Å². The number of carbonyl (C=O) groups is 1. The molecular weight excluding hydrogens is 340 g/mol. The van der Waals surface area contributed by atoms with Crippen LogP contribution >= 0.6 is 11.6 Å². The van der Waals surface area contributed by atoms with Gasteiger partial charge in [-0.3, -0.25) is 4.79 Å². The summed E-state index contributed by atoms with van der Waals surface area (Å²) in [5, 5.41) is 0.427. The molecule has 132 valence electrons. The number of nitrogens with one attached hydrogen (secondary N) is 2. The van der Waals surface area contributed by atoms with Gasteiger partial charge in [0.15, 0.2) is 0 Å². The zero-order chi connectivity index (χ0) is 17.8. The maximum atomic E-state index is 12.7. The average molecular weight is 361 g/mol. The number of hydrazine groups is 1. The van der Waals surface area contributed by atoms with Gasteiger partial charge in [0, 0.05) is 31.4 Å². The second-order valence-electron chi connectivity index (χ2n) is 6.05. The van der Waals surface area contributed by atoms with Crippen LogP contribution in [0.4, 0.5) is 0 Å². The molecule has 2 unspecified atom stereocenters. The lowest BCUT2D eigenvalue weighted by molar-refractivity contribution is -0.132. The summed E-state index contributed by atoms with van der Waals surface area (Å²) in [7, 11) is 3.41. The zero-order valence-electron chi connectivity index (χ0n) is 14.2. The number of carbonyl (C=O) groups excluding carboxylic acids is 1. The molecule has 2 N–H and O–H groups in total. The number of pyridine rings is 1. The first kappa shape index (κ1) is 17.7.